The molecule has 38 heavy (non-hydrogen) atoms. The molecular formula is C29H35Cl2NO5S. The predicted octanol–water partition coefficient (Wildman–Crippen LogP) is 6.43. The number of rotatable bonds is 11. The maximum Gasteiger partial charge on any atom is 0.304 e. The van der Waals surface area contributed by atoms with E-state index in [1.165, 1.54) is 0 Å². The van der Waals surface area contributed by atoms with Crippen LogP contribution in [0.1, 0.15) is 74.7 Å². The average molecular weight is 581 g/mol. The summed E-state index contributed by atoms with van der Waals surface area (Å²) in [6.07, 6.45) is 2.88. The number of sulfone groups is 1. The lowest BCUT2D eigenvalue weighted by Crippen LogP contribution is -2.56. The number of aliphatic carboxylic acids is 1. The molecular weight excluding hydrogens is 545 g/mol. The van der Waals surface area contributed by atoms with Gasteiger partial charge in [-0.1, -0.05) is 67.7 Å². The Morgan fingerprint density at radius 2 is 1.82 bits per heavy atom. The highest BCUT2D eigenvalue weighted by Crippen LogP contribution is 2.46. The molecule has 9 heteroatoms. The van der Waals surface area contributed by atoms with Crippen LogP contribution in [0.4, 0.5) is 0 Å². The standard InChI is InChI=1S/C29H35Cl2NO5S/c1-3-19(14-25(20-9-11-22(30)12-10-20)38(36,37)17-18-7-8-18)27-24(21-5-4-6-23(31)13-21)15-29(2,16-26(33)34)28(35)32-27/h4-6,9-13,18-19,24-25,27H,3,7-8,14-17H2,1-2H3,(H,32,35)(H,33,34). The third kappa shape index (κ3) is 6.72. The van der Waals surface area contributed by atoms with Crippen LogP contribution in [0, 0.1) is 17.3 Å². The van der Waals surface area contributed by atoms with E-state index in [1.54, 1.807) is 37.3 Å². The number of nitrogens with one attached hydrogen (secondary N) is 1. The number of carbonyl (C=O) groups excluding carboxylic acids is 1. The van der Waals surface area contributed by atoms with Gasteiger partial charge in [-0.2, -0.15) is 0 Å². The van der Waals surface area contributed by atoms with Crippen molar-refractivity contribution in [2.45, 2.75) is 69.6 Å². The Morgan fingerprint density at radius 1 is 1.13 bits per heavy atom. The fourth-order valence-corrected chi connectivity index (χ4v) is 8.52. The lowest BCUT2D eigenvalue weighted by atomic mass is 9.66. The molecule has 1 aliphatic carbocycles. The van der Waals surface area contributed by atoms with Gasteiger partial charge in [0.1, 0.15) is 0 Å². The molecule has 5 atom stereocenters. The van der Waals surface area contributed by atoms with Gasteiger partial charge in [0.25, 0.3) is 0 Å². The Morgan fingerprint density at radius 3 is 2.39 bits per heavy atom. The monoisotopic (exact) mass is 579 g/mol. The van der Waals surface area contributed by atoms with Crippen molar-refractivity contribution in [3.05, 3.63) is 69.7 Å². The van der Waals surface area contributed by atoms with Crippen molar-refractivity contribution in [1.29, 1.82) is 0 Å². The summed E-state index contributed by atoms with van der Waals surface area (Å²) < 4.78 is 27.4. The second-order valence-electron chi connectivity index (χ2n) is 11.2. The van der Waals surface area contributed by atoms with Crippen LogP contribution in [0.2, 0.25) is 10.0 Å². The van der Waals surface area contributed by atoms with Crippen LogP contribution < -0.4 is 5.32 Å². The van der Waals surface area contributed by atoms with Crippen LogP contribution in [0.5, 0.6) is 0 Å². The zero-order valence-corrected chi connectivity index (χ0v) is 24.0. The van der Waals surface area contributed by atoms with Gasteiger partial charge in [0.2, 0.25) is 5.91 Å². The molecule has 1 amide bonds. The molecule has 206 valence electrons. The zero-order valence-electron chi connectivity index (χ0n) is 21.7. The highest BCUT2D eigenvalue weighted by molar-refractivity contribution is 7.91. The van der Waals surface area contributed by atoms with Crippen LogP contribution in [0.25, 0.3) is 0 Å². The van der Waals surface area contributed by atoms with Gasteiger partial charge in [-0.25, -0.2) is 8.42 Å². The van der Waals surface area contributed by atoms with E-state index < -0.39 is 26.5 Å². The molecule has 0 bridgehead atoms. The molecule has 1 aliphatic heterocycles. The minimum atomic E-state index is -3.46. The van der Waals surface area contributed by atoms with Gasteiger partial charge < -0.3 is 10.4 Å². The molecule has 1 heterocycles. The zero-order chi connectivity index (χ0) is 27.7. The quantitative estimate of drug-likeness (QED) is 0.319. The topological polar surface area (TPSA) is 101 Å². The Labute approximate surface area is 235 Å². The van der Waals surface area contributed by atoms with Crippen molar-refractivity contribution >= 4 is 44.9 Å². The minimum Gasteiger partial charge on any atom is -0.481 e. The van der Waals surface area contributed by atoms with Gasteiger partial charge in [0.05, 0.1) is 22.8 Å². The summed E-state index contributed by atoms with van der Waals surface area (Å²) in [5, 5.41) is 13.0. The average Bonchev–Trinajstić information content (AvgIpc) is 3.65. The molecule has 0 radical (unpaired) electrons. The second-order valence-corrected chi connectivity index (χ2v) is 14.3. The number of carbonyl (C=O) groups is 2. The number of halogens is 2. The summed E-state index contributed by atoms with van der Waals surface area (Å²) >= 11 is 12.4. The molecule has 1 saturated heterocycles. The lowest BCUT2D eigenvalue weighted by molar-refractivity contribution is -0.147. The maximum atomic E-state index is 13.7. The Hall–Kier alpha value is -2.09. The summed E-state index contributed by atoms with van der Waals surface area (Å²) in [4.78, 5) is 25.0. The van der Waals surface area contributed by atoms with Crippen molar-refractivity contribution in [3.8, 4) is 0 Å². The normalized spacial score (nSPS) is 25.4. The summed E-state index contributed by atoms with van der Waals surface area (Å²) in [5.74, 6) is -1.38. The third-order valence-electron chi connectivity index (χ3n) is 8.16. The molecule has 4 rings (SSSR count). The number of hydrogen-bond acceptors (Lipinski definition) is 4. The van der Waals surface area contributed by atoms with Crippen molar-refractivity contribution in [3.63, 3.8) is 0 Å². The summed E-state index contributed by atoms with van der Waals surface area (Å²) in [7, 11) is -3.46. The molecule has 2 fully saturated rings. The van der Waals surface area contributed by atoms with Gasteiger partial charge in [0, 0.05) is 22.0 Å². The summed E-state index contributed by atoms with van der Waals surface area (Å²) in [6.45, 7) is 3.69. The first-order valence-corrected chi connectivity index (χ1v) is 15.6. The molecule has 2 aromatic carbocycles. The molecule has 1 saturated carbocycles. The second kappa shape index (κ2) is 11.6. The van der Waals surface area contributed by atoms with Gasteiger partial charge >= 0.3 is 5.97 Å². The molecule has 2 aromatic rings. The minimum absolute atomic E-state index is 0.155. The van der Waals surface area contributed by atoms with E-state index in [2.05, 4.69) is 5.32 Å². The molecule has 0 spiro atoms. The summed E-state index contributed by atoms with van der Waals surface area (Å²) in [6, 6.07) is 14.0. The number of piperidine rings is 1. The van der Waals surface area contributed by atoms with Crippen molar-refractivity contribution < 1.29 is 23.1 Å². The first kappa shape index (κ1) is 28.9. The highest BCUT2D eigenvalue weighted by atomic mass is 35.5. The van der Waals surface area contributed by atoms with E-state index in [4.69, 9.17) is 23.2 Å². The summed E-state index contributed by atoms with van der Waals surface area (Å²) in [5.41, 5.74) is 0.508. The van der Waals surface area contributed by atoms with E-state index in [0.29, 0.717) is 34.9 Å². The first-order valence-electron chi connectivity index (χ1n) is 13.2. The Balaban J connectivity index is 1.71. The van der Waals surface area contributed by atoms with Crippen LogP contribution in [0.3, 0.4) is 0 Å². The fourth-order valence-electron chi connectivity index (χ4n) is 5.87. The van der Waals surface area contributed by atoms with E-state index in [-0.39, 0.29) is 41.9 Å². The van der Waals surface area contributed by atoms with E-state index in [9.17, 15) is 23.1 Å². The number of carboxylic acids is 1. The molecule has 2 aliphatic rings. The van der Waals surface area contributed by atoms with Crippen LogP contribution in [0.15, 0.2) is 48.5 Å². The Bertz CT molecular complexity index is 1280. The fraction of sp³-hybridized carbons (Fsp3) is 0.517. The number of carboxylic acid groups (broad SMARTS) is 1. The van der Waals surface area contributed by atoms with E-state index >= 15 is 0 Å². The Kier molecular flexibility index (Phi) is 8.80. The number of hydrogen-bond donors (Lipinski definition) is 2. The molecule has 2 N–H and O–H groups in total. The maximum absolute atomic E-state index is 13.7. The first-order chi connectivity index (χ1) is 17.9. The molecule has 6 nitrogen and oxygen atoms in total. The third-order valence-corrected chi connectivity index (χ3v) is 10.9. The van der Waals surface area contributed by atoms with Crippen molar-refractivity contribution in [1.82, 2.24) is 5.32 Å². The van der Waals surface area contributed by atoms with Crippen LogP contribution in [-0.4, -0.2) is 37.2 Å². The van der Waals surface area contributed by atoms with Gasteiger partial charge in [-0.05, 0) is 72.9 Å². The number of benzene rings is 2. The smallest absolute Gasteiger partial charge is 0.304 e. The molecule has 5 unspecified atom stereocenters. The van der Waals surface area contributed by atoms with Crippen molar-refractivity contribution in [2.75, 3.05) is 5.75 Å². The van der Waals surface area contributed by atoms with Gasteiger partial charge in [-0.15, -0.1) is 0 Å². The van der Waals surface area contributed by atoms with Gasteiger partial charge in [0.15, 0.2) is 9.84 Å². The number of amides is 1. The van der Waals surface area contributed by atoms with Gasteiger partial charge in [-0.3, -0.25) is 9.59 Å². The van der Waals surface area contributed by atoms with E-state index in [0.717, 1.165) is 18.4 Å². The van der Waals surface area contributed by atoms with E-state index in [1.807, 2.05) is 25.1 Å². The van der Waals surface area contributed by atoms with Crippen LogP contribution >= 0.6 is 23.2 Å². The lowest BCUT2D eigenvalue weighted by Gasteiger charge is -2.45. The van der Waals surface area contributed by atoms with Crippen LogP contribution in [-0.2, 0) is 19.4 Å². The predicted molar refractivity (Wildman–Crippen MR) is 150 cm³/mol. The highest BCUT2D eigenvalue weighted by Gasteiger charge is 2.48. The SMILES string of the molecule is CCC(CC(c1ccc(Cl)cc1)S(=O)(=O)CC1CC1)C1NC(=O)C(C)(CC(=O)O)CC1c1cccc(Cl)c1. The van der Waals surface area contributed by atoms with Crippen molar-refractivity contribution in [2.24, 2.45) is 17.3 Å². The largest absolute Gasteiger partial charge is 0.481 e. The molecule has 0 aromatic heterocycles.